The molecular weight excluding hydrogens is 328 g/mol. The van der Waals surface area contributed by atoms with Gasteiger partial charge in [-0.15, -0.1) is 11.3 Å². The van der Waals surface area contributed by atoms with Gasteiger partial charge in [-0.3, -0.25) is 0 Å². The molecule has 1 N–H and O–H groups in total. The van der Waals surface area contributed by atoms with Gasteiger partial charge in [-0.2, -0.15) is 0 Å². The van der Waals surface area contributed by atoms with E-state index in [0.29, 0.717) is 23.1 Å². The average molecular weight is 350 g/mol. The van der Waals surface area contributed by atoms with Crippen molar-refractivity contribution in [2.24, 2.45) is 0 Å². The van der Waals surface area contributed by atoms with E-state index in [1.54, 1.807) is 7.11 Å². The normalized spacial score (nSPS) is 10.8. The maximum absolute atomic E-state index is 11.0. The van der Waals surface area contributed by atoms with E-state index in [1.807, 2.05) is 18.2 Å². The van der Waals surface area contributed by atoms with Gasteiger partial charge in [0.15, 0.2) is 17.2 Å². The zero-order chi connectivity index (χ0) is 17.5. The summed E-state index contributed by atoms with van der Waals surface area (Å²) in [4.78, 5) is 17.5. The van der Waals surface area contributed by atoms with Gasteiger partial charge in [0, 0.05) is 11.9 Å². The third-order valence-corrected chi connectivity index (χ3v) is 4.58. The van der Waals surface area contributed by atoms with Crippen LogP contribution in [0.5, 0.6) is 11.5 Å². The molecule has 0 bridgehead atoms. The molecule has 1 aromatic carbocycles. The Kier molecular flexibility index (Phi) is 6.57. The van der Waals surface area contributed by atoms with Crippen LogP contribution in [0.4, 0.5) is 0 Å². The van der Waals surface area contributed by atoms with Crippen LogP contribution in [-0.2, 0) is 0 Å². The van der Waals surface area contributed by atoms with Crippen LogP contribution in [0.25, 0.3) is 10.6 Å². The summed E-state index contributed by atoms with van der Waals surface area (Å²) in [6.45, 7) is 7.48. The molecule has 0 aliphatic carbocycles. The molecule has 1 heterocycles. The number of carboxylic acids is 1. The first kappa shape index (κ1) is 18.2. The van der Waals surface area contributed by atoms with E-state index >= 15 is 0 Å². The van der Waals surface area contributed by atoms with Gasteiger partial charge >= 0.3 is 5.97 Å². The van der Waals surface area contributed by atoms with Gasteiger partial charge in [0.2, 0.25) is 0 Å². The lowest BCUT2D eigenvalue weighted by Gasteiger charge is -2.19. The van der Waals surface area contributed by atoms with Crippen molar-refractivity contribution in [2.75, 3.05) is 33.4 Å². The van der Waals surface area contributed by atoms with E-state index in [-0.39, 0.29) is 5.69 Å². The Morgan fingerprint density at radius 3 is 2.67 bits per heavy atom. The van der Waals surface area contributed by atoms with E-state index in [4.69, 9.17) is 14.6 Å². The zero-order valence-corrected chi connectivity index (χ0v) is 14.9. The highest BCUT2D eigenvalue weighted by atomic mass is 32.1. The second-order valence-corrected chi connectivity index (χ2v) is 5.91. The topological polar surface area (TPSA) is 71.9 Å². The smallest absolute Gasteiger partial charge is 0.355 e. The second-order valence-electron chi connectivity index (χ2n) is 5.06. The fraction of sp³-hybridized carbons (Fsp3) is 0.412. The number of thiazole rings is 1. The molecule has 0 saturated heterocycles. The number of aromatic nitrogens is 1. The molecule has 0 fully saturated rings. The maximum atomic E-state index is 11.0. The molecule has 0 spiro atoms. The Morgan fingerprint density at radius 1 is 1.33 bits per heavy atom. The van der Waals surface area contributed by atoms with Crippen LogP contribution >= 0.6 is 11.3 Å². The molecule has 0 radical (unpaired) electrons. The van der Waals surface area contributed by atoms with Gasteiger partial charge in [0.05, 0.1) is 12.7 Å². The summed E-state index contributed by atoms with van der Waals surface area (Å²) in [5.41, 5.74) is 0.776. The monoisotopic (exact) mass is 350 g/mol. The van der Waals surface area contributed by atoms with Crippen molar-refractivity contribution >= 4 is 17.3 Å². The van der Waals surface area contributed by atoms with Crippen molar-refractivity contribution in [2.45, 2.75) is 13.8 Å². The van der Waals surface area contributed by atoms with Gasteiger partial charge in [0.25, 0.3) is 0 Å². The van der Waals surface area contributed by atoms with E-state index in [0.717, 1.165) is 25.2 Å². The first-order chi connectivity index (χ1) is 11.6. The van der Waals surface area contributed by atoms with Gasteiger partial charge in [-0.05, 0) is 25.2 Å². The van der Waals surface area contributed by atoms with Crippen LogP contribution in [0.1, 0.15) is 24.3 Å². The summed E-state index contributed by atoms with van der Waals surface area (Å²) in [5.74, 6) is 0.168. The lowest BCUT2D eigenvalue weighted by molar-refractivity contribution is 0.0691. The molecule has 6 nitrogen and oxygen atoms in total. The Bertz CT molecular complexity index is 683. The zero-order valence-electron chi connectivity index (χ0n) is 14.1. The molecule has 0 saturated carbocycles. The lowest BCUT2D eigenvalue weighted by Crippen LogP contribution is -2.28. The first-order valence-electron chi connectivity index (χ1n) is 7.82. The number of nitrogens with zero attached hydrogens (tertiary/aromatic N) is 2. The Labute approximate surface area is 145 Å². The number of likely N-dealkylation sites (N-methyl/N-ethyl adjacent to an activating group) is 1. The highest BCUT2D eigenvalue weighted by Gasteiger charge is 2.17. The molecule has 0 unspecified atom stereocenters. The van der Waals surface area contributed by atoms with E-state index in [2.05, 4.69) is 23.7 Å². The molecule has 24 heavy (non-hydrogen) atoms. The highest BCUT2D eigenvalue weighted by molar-refractivity contribution is 7.13. The molecule has 1 aromatic heterocycles. The number of methoxy groups -OCH3 is 1. The minimum absolute atomic E-state index is 0.0342. The third-order valence-electron chi connectivity index (χ3n) is 3.70. The number of carboxylic acid groups (broad SMARTS) is 1. The number of benzene rings is 1. The van der Waals surface area contributed by atoms with Crippen molar-refractivity contribution < 1.29 is 19.4 Å². The summed E-state index contributed by atoms with van der Waals surface area (Å²) in [6, 6.07) is 5.52. The van der Waals surface area contributed by atoms with Crippen LogP contribution in [0.15, 0.2) is 23.6 Å². The Morgan fingerprint density at radius 2 is 2.08 bits per heavy atom. The molecule has 7 heteroatoms. The van der Waals surface area contributed by atoms with Crippen LogP contribution in [0, 0.1) is 0 Å². The van der Waals surface area contributed by atoms with Crippen LogP contribution in [-0.4, -0.2) is 54.3 Å². The minimum atomic E-state index is -1.04. The van der Waals surface area contributed by atoms with Crippen molar-refractivity contribution in [1.82, 2.24) is 9.88 Å². The quantitative estimate of drug-likeness (QED) is 0.748. The second kappa shape index (κ2) is 8.65. The third kappa shape index (κ3) is 4.24. The summed E-state index contributed by atoms with van der Waals surface area (Å²) in [5, 5.41) is 11.2. The number of hydrogen-bond acceptors (Lipinski definition) is 6. The summed E-state index contributed by atoms with van der Waals surface area (Å²) < 4.78 is 11.4. The SMILES string of the molecule is CCN(CC)CCOc1c(OC)cccc1-c1nc(C(=O)O)cs1. The van der Waals surface area contributed by atoms with E-state index in [9.17, 15) is 4.79 Å². The van der Waals surface area contributed by atoms with E-state index < -0.39 is 5.97 Å². The summed E-state index contributed by atoms with van der Waals surface area (Å²) >= 11 is 1.28. The number of para-hydroxylation sites is 1. The standard InChI is InChI=1S/C17H22N2O4S/c1-4-19(5-2)9-10-23-15-12(7-6-8-14(15)22-3)16-18-13(11-24-16)17(20)21/h6-8,11H,4-5,9-10H2,1-3H3,(H,20,21). The molecule has 0 aliphatic rings. The summed E-state index contributed by atoms with van der Waals surface area (Å²) in [6.07, 6.45) is 0. The van der Waals surface area contributed by atoms with Crippen LogP contribution in [0.2, 0.25) is 0 Å². The molecular formula is C17H22N2O4S. The number of aromatic carboxylic acids is 1. The van der Waals surface area contributed by atoms with Crippen molar-refractivity contribution in [1.29, 1.82) is 0 Å². The fourth-order valence-electron chi connectivity index (χ4n) is 2.31. The number of carbonyl (C=O) groups is 1. The van der Waals surface area contributed by atoms with Crippen molar-refractivity contribution in [3.63, 3.8) is 0 Å². The number of rotatable bonds is 9. The first-order valence-corrected chi connectivity index (χ1v) is 8.70. The minimum Gasteiger partial charge on any atom is -0.493 e. The summed E-state index contributed by atoms with van der Waals surface area (Å²) in [7, 11) is 1.58. The molecule has 2 rings (SSSR count). The van der Waals surface area contributed by atoms with Crippen LogP contribution in [0.3, 0.4) is 0 Å². The predicted molar refractivity (Wildman–Crippen MR) is 94.3 cm³/mol. The molecule has 130 valence electrons. The van der Waals surface area contributed by atoms with E-state index in [1.165, 1.54) is 16.7 Å². The molecule has 0 amide bonds. The molecule has 2 aromatic rings. The lowest BCUT2D eigenvalue weighted by atomic mass is 10.2. The number of ether oxygens (including phenoxy) is 2. The van der Waals surface area contributed by atoms with Gasteiger partial charge in [-0.1, -0.05) is 19.9 Å². The Balaban J connectivity index is 2.26. The van der Waals surface area contributed by atoms with Gasteiger partial charge in [-0.25, -0.2) is 9.78 Å². The van der Waals surface area contributed by atoms with Gasteiger partial charge in [0.1, 0.15) is 11.6 Å². The van der Waals surface area contributed by atoms with Crippen molar-refractivity contribution in [3.05, 3.63) is 29.3 Å². The molecule has 0 atom stereocenters. The average Bonchev–Trinajstić information content (AvgIpc) is 3.09. The highest BCUT2D eigenvalue weighted by Crippen LogP contribution is 2.39. The predicted octanol–water partition coefficient (Wildman–Crippen LogP) is 3.24. The number of hydrogen-bond donors (Lipinski definition) is 1. The fourth-order valence-corrected chi connectivity index (χ4v) is 3.12. The largest absolute Gasteiger partial charge is 0.493 e. The van der Waals surface area contributed by atoms with Crippen molar-refractivity contribution in [3.8, 4) is 22.1 Å². The van der Waals surface area contributed by atoms with Gasteiger partial charge < -0.3 is 19.5 Å². The maximum Gasteiger partial charge on any atom is 0.355 e. The molecule has 0 aliphatic heterocycles. The van der Waals surface area contributed by atoms with Crippen LogP contribution < -0.4 is 9.47 Å². The Hall–Kier alpha value is -2.12.